The summed E-state index contributed by atoms with van der Waals surface area (Å²) in [6.45, 7) is 5.88. The molecule has 0 fully saturated rings. The number of unbranched alkanes of at least 4 members (excludes halogenated alkanes) is 6. The molecule has 0 bridgehead atoms. The number of thiol groups is 1. The van der Waals surface area contributed by atoms with Crippen LogP contribution >= 0.6 is 12.6 Å². The van der Waals surface area contributed by atoms with Crippen molar-refractivity contribution >= 4 is 12.6 Å². The Morgan fingerprint density at radius 2 is 1.29 bits per heavy atom. The molecule has 0 aromatic heterocycles. The van der Waals surface area contributed by atoms with Crippen LogP contribution in [0.5, 0.6) is 0 Å². The van der Waals surface area contributed by atoms with Gasteiger partial charge in [0, 0.05) is 6.04 Å². The van der Waals surface area contributed by atoms with Crippen molar-refractivity contribution in [3.8, 4) is 0 Å². The van der Waals surface area contributed by atoms with Gasteiger partial charge in [0.1, 0.15) is 0 Å². The largest absolute Gasteiger partial charge is 0.303 e. The van der Waals surface area contributed by atoms with Crippen LogP contribution in [0.3, 0.4) is 0 Å². The van der Waals surface area contributed by atoms with E-state index < -0.39 is 0 Å². The molecule has 0 amide bonds. The first-order valence-corrected chi connectivity index (χ1v) is 8.20. The summed E-state index contributed by atoms with van der Waals surface area (Å²) < 4.78 is 0. The van der Waals surface area contributed by atoms with Gasteiger partial charge in [0.2, 0.25) is 0 Å². The van der Waals surface area contributed by atoms with Crippen LogP contribution < -0.4 is 0 Å². The zero-order chi connectivity index (χ0) is 12.9. The monoisotopic (exact) mass is 259 g/mol. The number of nitrogens with zero attached hydrogens (tertiary/aromatic N) is 1. The van der Waals surface area contributed by atoms with Crippen molar-refractivity contribution in [2.75, 3.05) is 19.3 Å². The minimum atomic E-state index is 0.797. The van der Waals surface area contributed by atoms with E-state index in [0.717, 1.165) is 11.8 Å². The van der Waals surface area contributed by atoms with E-state index in [1.807, 2.05) is 0 Å². The lowest BCUT2D eigenvalue weighted by Gasteiger charge is -2.25. The van der Waals surface area contributed by atoms with Gasteiger partial charge in [-0.2, -0.15) is 12.6 Å². The zero-order valence-corrected chi connectivity index (χ0v) is 13.1. The highest BCUT2D eigenvalue weighted by Gasteiger charge is 2.08. The predicted molar refractivity (Wildman–Crippen MR) is 83.2 cm³/mol. The van der Waals surface area contributed by atoms with Crippen molar-refractivity contribution in [1.29, 1.82) is 0 Å². The highest BCUT2D eigenvalue weighted by Crippen LogP contribution is 2.10. The summed E-state index contributed by atoms with van der Waals surface area (Å²) in [4.78, 5) is 2.54. The third-order valence-corrected chi connectivity index (χ3v) is 4.05. The third-order valence-electron chi connectivity index (χ3n) is 3.73. The quantitative estimate of drug-likeness (QED) is 0.390. The maximum atomic E-state index is 4.23. The SMILES string of the molecule is CCC(CC)N(C)CCCCCCCCCS. The Morgan fingerprint density at radius 1 is 0.824 bits per heavy atom. The Balaban J connectivity index is 3.27. The van der Waals surface area contributed by atoms with Crippen molar-refractivity contribution in [2.24, 2.45) is 0 Å². The van der Waals surface area contributed by atoms with Crippen LogP contribution in [0, 0.1) is 0 Å². The van der Waals surface area contributed by atoms with Gasteiger partial charge in [-0.25, -0.2) is 0 Å². The van der Waals surface area contributed by atoms with Crippen LogP contribution in [0.4, 0.5) is 0 Å². The summed E-state index contributed by atoms with van der Waals surface area (Å²) in [6, 6.07) is 0.797. The van der Waals surface area contributed by atoms with E-state index in [2.05, 4.69) is 38.4 Å². The molecule has 0 N–H and O–H groups in total. The molecular weight excluding hydrogens is 226 g/mol. The molecule has 0 aliphatic heterocycles. The van der Waals surface area contributed by atoms with Crippen LogP contribution in [-0.2, 0) is 0 Å². The molecule has 17 heavy (non-hydrogen) atoms. The molecule has 0 aliphatic rings. The summed E-state index contributed by atoms with van der Waals surface area (Å²) in [5.74, 6) is 1.06. The Hall–Kier alpha value is 0.310. The summed E-state index contributed by atoms with van der Waals surface area (Å²) >= 11 is 4.23. The van der Waals surface area contributed by atoms with E-state index >= 15 is 0 Å². The van der Waals surface area contributed by atoms with Gasteiger partial charge in [-0.1, -0.05) is 46.0 Å². The van der Waals surface area contributed by atoms with E-state index in [0.29, 0.717) is 0 Å². The van der Waals surface area contributed by atoms with Gasteiger partial charge in [0.15, 0.2) is 0 Å². The fourth-order valence-corrected chi connectivity index (χ4v) is 2.68. The molecule has 0 heterocycles. The molecule has 0 aromatic carbocycles. The van der Waals surface area contributed by atoms with Gasteiger partial charge in [-0.15, -0.1) is 0 Å². The zero-order valence-electron chi connectivity index (χ0n) is 12.2. The van der Waals surface area contributed by atoms with Gasteiger partial charge in [-0.3, -0.25) is 0 Å². The van der Waals surface area contributed by atoms with Gasteiger partial charge < -0.3 is 4.90 Å². The summed E-state index contributed by atoms with van der Waals surface area (Å²) in [5.41, 5.74) is 0. The third kappa shape index (κ3) is 9.96. The second-order valence-corrected chi connectivity index (χ2v) is 5.60. The first kappa shape index (κ1) is 17.3. The minimum absolute atomic E-state index is 0.797. The molecule has 0 radical (unpaired) electrons. The highest BCUT2D eigenvalue weighted by atomic mass is 32.1. The fraction of sp³-hybridized carbons (Fsp3) is 1.00. The van der Waals surface area contributed by atoms with E-state index in [1.54, 1.807) is 0 Å². The Kier molecular flexibility index (Phi) is 13.0. The summed E-state index contributed by atoms with van der Waals surface area (Å²) in [5, 5.41) is 0. The number of hydrogen-bond donors (Lipinski definition) is 1. The first-order valence-electron chi connectivity index (χ1n) is 7.57. The van der Waals surface area contributed by atoms with Gasteiger partial charge in [0.25, 0.3) is 0 Å². The topological polar surface area (TPSA) is 3.24 Å². The van der Waals surface area contributed by atoms with E-state index in [4.69, 9.17) is 0 Å². The molecule has 0 atom stereocenters. The molecule has 0 saturated heterocycles. The van der Waals surface area contributed by atoms with Crippen molar-refractivity contribution < 1.29 is 0 Å². The smallest absolute Gasteiger partial charge is 0.00869 e. The van der Waals surface area contributed by atoms with Crippen molar-refractivity contribution in [3.05, 3.63) is 0 Å². The minimum Gasteiger partial charge on any atom is -0.303 e. The second kappa shape index (κ2) is 12.8. The van der Waals surface area contributed by atoms with Crippen LogP contribution in [0.2, 0.25) is 0 Å². The van der Waals surface area contributed by atoms with Gasteiger partial charge in [-0.05, 0) is 45.0 Å². The Labute approximate surface area is 115 Å². The maximum absolute atomic E-state index is 4.23. The lowest BCUT2D eigenvalue weighted by Crippen LogP contribution is -2.31. The lowest BCUT2D eigenvalue weighted by atomic mass is 10.1. The Morgan fingerprint density at radius 3 is 1.76 bits per heavy atom. The molecule has 0 spiro atoms. The summed E-state index contributed by atoms with van der Waals surface area (Å²) in [6.07, 6.45) is 12.3. The molecule has 0 saturated carbocycles. The average Bonchev–Trinajstić information content (AvgIpc) is 2.34. The molecule has 104 valence electrons. The van der Waals surface area contributed by atoms with E-state index in [9.17, 15) is 0 Å². The number of rotatable bonds is 12. The molecular formula is C15H33NS. The lowest BCUT2D eigenvalue weighted by molar-refractivity contribution is 0.225. The summed E-state index contributed by atoms with van der Waals surface area (Å²) in [7, 11) is 2.28. The van der Waals surface area contributed by atoms with Crippen LogP contribution in [0.1, 0.15) is 71.6 Å². The fourth-order valence-electron chi connectivity index (χ4n) is 2.45. The molecule has 2 heteroatoms. The van der Waals surface area contributed by atoms with Crippen molar-refractivity contribution in [3.63, 3.8) is 0 Å². The van der Waals surface area contributed by atoms with Crippen LogP contribution in [0.15, 0.2) is 0 Å². The van der Waals surface area contributed by atoms with Gasteiger partial charge in [0.05, 0.1) is 0 Å². The molecule has 0 aliphatic carbocycles. The molecule has 0 unspecified atom stereocenters. The first-order chi connectivity index (χ1) is 8.26. The van der Waals surface area contributed by atoms with E-state index in [1.165, 1.54) is 64.3 Å². The van der Waals surface area contributed by atoms with Crippen LogP contribution in [-0.4, -0.2) is 30.3 Å². The number of hydrogen-bond acceptors (Lipinski definition) is 2. The molecule has 0 rings (SSSR count). The molecule has 1 nitrogen and oxygen atoms in total. The van der Waals surface area contributed by atoms with Crippen LogP contribution in [0.25, 0.3) is 0 Å². The normalized spacial score (nSPS) is 11.6. The average molecular weight is 260 g/mol. The molecule has 0 aromatic rings. The standard InChI is InChI=1S/C15H33NS/c1-4-15(5-2)16(3)13-11-9-7-6-8-10-12-14-17/h15,17H,4-14H2,1-3H3. The van der Waals surface area contributed by atoms with Gasteiger partial charge >= 0.3 is 0 Å². The second-order valence-electron chi connectivity index (χ2n) is 5.15. The van der Waals surface area contributed by atoms with E-state index in [-0.39, 0.29) is 0 Å². The maximum Gasteiger partial charge on any atom is 0.00869 e. The predicted octanol–water partition coefficient (Wildman–Crippen LogP) is 4.77. The van der Waals surface area contributed by atoms with Crippen molar-refractivity contribution in [1.82, 2.24) is 4.90 Å². The highest BCUT2D eigenvalue weighted by molar-refractivity contribution is 7.80. The van der Waals surface area contributed by atoms with Crippen molar-refractivity contribution in [2.45, 2.75) is 77.7 Å². The Bertz CT molecular complexity index is 146.